The summed E-state index contributed by atoms with van der Waals surface area (Å²) in [7, 11) is 3.17. The molecule has 92 valence electrons. The first-order valence-corrected chi connectivity index (χ1v) is 6.26. The summed E-state index contributed by atoms with van der Waals surface area (Å²) in [6, 6.07) is 5.50. The molecular weight excluding hydrogens is 286 g/mol. The number of benzene rings is 1. The first-order chi connectivity index (χ1) is 8.17. The Hall–Kier alpha value is -1.23. The number of amides is 1. The summed E-state index contributed by atoms with van der Waals surface area (Å²) in [6.07, 6.45) is 0.827. The molecule has 4 nitrogen and oxygen atoms in total. The maximum absolute atomic E-state index is 11.9. The Balaban J connectivity index is 2.31. The Kier molecular flexibility index (Phi) is 3.57. The number of rotatable bonds is 3. The fraction of sp³-hybridized carbons (Fsp3) is 0.417. The number of halogens is 1. The highest BCUT2D eigenvalue weighted by Gasteiger charge is 2.30. The van der Waals surface area contributed by atoms with Gasteiger partial charge in [0.2, 0.25) is 5.91 Å². The predicted molar refractivity (Wildman–Crippen MR) is 69.2 cm³/mol. The Morgan fingerprint density at radius 1 is 1.29 bits per heavy atom. The number of anilines is 1. The van der Waals surface area contributed by atoms with Crippen LogP contribution in [0.15, 0.2) is 18.2 Å². The first-order valence-electron chi connectivity index (χ1n) is 5.35. The lowest BCUT2D eigenvalue weighted by Gasteiger charge is -2.17. The van der Waals surface area contributed by atoms with E-state index in [1.807, 2.05) is 18.2 Å². The van der Waals surface area contributed by atoms with Crippen molar-refractivity contribution in [1.82, 2.24) is 0 Å². The zero-order chi connectivity index (χ0) is 12.4. The fourth-order valence-corrected chi connectivity index (χ4v) is 2.35. The van der Waals surface area contributed by atoms with E-state index >= 15 is 0 Å². The van der Waals surface area contributed by atoms with Crippen LogP contribution in [0.5, 0.6) is 11.5 Å². The minimum Gasteiger partial charge on any atom is -0.493 e. The Morgan fingerprint density at radius 2 is 2.00 bits per heavy atom. The Morgan fingerprint density at radius 3 is 2.53 bits per heavy atom. The van der Waals surface area contributed by atoms with Gasteiger partial charge in [-0.2, -0.15) is 0 Å². The van der Waals surface area contributed by atoms with Crippen LogP contribution < -0.4 is 14.4 Å². The van der Waals surface area contributed by atoms with Gasteiger partial charge in [-0.3, -0.25) is 4.79 Å². The van der Waals surface area contributed by atoms with E-state index in [9.17, 15) is 4.79 Å². The average Bonchev–Trinajstić information content (AvgIpc) is 2.69. The molecule has 1 unspecified atom stereocenters. The van der Waals surface area contributed by atoms with Crippen LogP contribution in [0.3, 0.4) is 0 Å². The lowest BCUT2D eigenvalue weighted by molar-refractivity contribution is -0.116. The lowest BCUT2D eigenvalue weighted by Crippen LogP contribution is -2.26. The third-order valence-electron chi connectivity index (χ3n) is 2.82. The topological polar surface area (TPSA) is 38.8 Å². The molecule has 1 aromatic carbocycles. The van der Waals surface area contributed by atoms with E-state index in [-0.39, 0.29) is 10.7 Å². The summed E-state index contributed by atoms with van der Waals surface area (Å²) in [6.45, 7) is 0.726. The van der Waals surface area contributed by atoms with Crippen LogP contribution in [-0.2, 0) is 4.79 Å². The summed E-state index contributed by atoms with van der Waals surface area (Å²) in [5, 5.41) is 0. The van der Waals surface area contributed by atoms with E-state index in [2.05, 4.69) is 15.9 Å². The largest absolute Gasteiger partial charge is 0.493 e. The number of carbonyl (C=O) groups is 1. The minimum absolute atomic E-state index is 0.0735. The number of alkyl halides is 1. The molecule has 0 aliphatic carbocycles. The molecule has 17 heavy (non-hydrogen) atoms. The quantitative estimate of drug-likeness (QED) is 0.803. The van der Waals surface area contributed by atoms with E-state index in [4.69, 9.17) is 9.47 Å². The number of hydrogen-bond acceptors (Lipinski definition) is 3. The molecule has 1 aliphatic rings. The van der Waals surface area contributed by atoms with Crippen LogP contribution in [0.1, 0.15) is 6.42 Å². The third-order valence-corrected chi connectivity index (χ3v) is 3.67. The predicted octanol–water partition coefficient (Wildman–Crippen LogP) is 2.20. The number of hydrogen-bond donors (Lipinski definition) is 0. The molecule has 0 N–H and O–H groups in total. The average molecular weight is 300 g/mol. The van der Waals surface area contributed by atoms with Crippen LogP contribution in [-0.4, -0.2) is 31.5 Å². The Labute approximate surface area is 109 Å². The van der Waals surface area contributed by atoms with Crippen LogP contribution in [0.25, 0.3) is 0 Å². The molecule has 5 heteroatoms. The van der Waals surface area contributed by atoms with Gasteiger partial charge in [0, 0.05) is 18.3 Å². The highest BCUT2D eigenvalue weighted by atomic mass is 79.9. The van der Waals surface area contributed by atoms with Crippen molar-refractivity contribution < 1.29 is 14.3 Å². The molecule has 1 atom stereocenters. The van der Waals surface area contributed by atoms with Crippen molar-refractivity contribution in [3.63, 3.8) is 0 Å². The Bertz CT molecular complexity index is 436. The van der Waals surface area contributed by atoms with Gasteiger partial charge < -0.3 is 14.4 Å². The van der Waals surface area contributed by atoms with Gasteiger partial charge in [-0.1, -0.05) is 15.9 Å². The van der Waals surface area contributed by atoms with Crippen molar-refractivity contribution in [2.45, 2.75) is 11.2 Å². The number of carbonyl (C=O) groups excluding carboxylic acids is 1. The van der Waals surface area contributed by atoms with Gasteiger partial charge >= 0.3 is 0 Å². The summed E-state index contributed by atoms with van der Waals surface area (Å²) >= 11 is 3.36. The molecule has 0 radical (unpaired) electrons. The zero-order valence-electron chi connectivity index (χ0n) is 9.77. The fourth-order valence-electron chi connectivity index (χ4n) is 1.89. The van der Waals surface area contributed by atoms with Gasteiger partial charge in [0.05, 0.1) is 19.0 Å². The second kappa shape index (κ2) is 4.96. The van der Waals surface area contributed by atoms with Crippen molar-refractivity contribution in [2.75, 3.05) is 25.7 Å². The van der Waals surface area contributed by atoms with E-state index in [0.717, 1.165) is 18.7 Å². The number of nitrogens with zero attached hydrogens (tertiary/aromatic N) is 1. The first kappa shape index (κ1) is 12.2. The molecule has 2 rings (SSSR count). The maximum atomic E-state index is 11.9. The van der Waals surface area contributed by atoms with Gasteiger partial charge in [0.25, 0.3) is 0 Å². The van der Waals surface area contributed by atoms with Crippen molar-refractivity contribution in [3.8, 4) is 11.5 Å². The number of ether oxygens (including phenoxy) is 2. The van der Waals surface area contributed by atoms with Gasteiger partial charge in [0.15, 0.2) is 11.5 Å². The van der Waals surface area contributed by atoms with E-state index in [0.29, 0.717) is 11.5 Å². The standard InChI is InChI=1S/C12H14BrNO3/c1-16-10-4-3-8(7-11(10)17-2)14-6-5-9(13)12(14)15/h3-4,7,9H,5-6H2,1-2H3. The van der Waals surface area contributed by atoms with E-state index in [1.165, 1.54) is 0 Å². The highest BCUT2D eigenvalue weighted by molar-refractivity contribution is 9.10. The van der Waals surface area contributed by atoms with E-state index < -0.39 is 0 Å². The second-order valence-corrected chi connectivity index (χ2v) is 4.89. The van der Waals surface area contributed by atoms with Crippen molar-refractivity contribution in [1.29, 1.82) is 0 Å². The van der Waals surface area contributed by atoms with E-state index in [1.54, 1.807) is 19.1 Å². The molecule has 1 aromatic rings. The summed E-state index contributed by atoms with van der Waals surface area (Å²) in [5.74, 6) is 1.39. The van der Waals surface area contributed by atoms with Gasteiger partial charge in [-0.25, -0.2) is 0 Å². The normalized spacial score (nSPS) is 19.6. The monoisotopic (exact) mass is 299 g/mol. The molecule has 1 amide bonds. The van der Waals surface area contributed by atoms with Gasteiger partial charge in [0.1, 0.15) is 0 Å². The molecule has 0 bridgehead atoms. The van der Waals surface area contributed by atoms with Crippen LogP contribution in [0.4, 0.5) is 5.69 Å². The molecule has 0 spiro atoms. The highest BCUT2D eigenvalue weighted by Crippen LogP contribution is 2.33. The molecule has 1 heterocycles. The molecule has 1 aliphatic heterocycles. The maximum Gasteiger partial charge on any atom is 0.240 e. The van der Waals surface area contributed by atoms with Crippen LogP contribution >= 0.6 is 15.9 Å². The molecule has 0 aromatic heterocycles. The molecule has 0 saturated carbocycles. The molecule has 1 saturated heterocycles. The smallest absolute Gasteiger partial charge is 0.240 e. The summed E-state index contributed by atoms with van der Waals surface area (Å²) in [5.41, 5.74) is 0.842. The van der Waals surface area contributed by atoms with Crippen LogP contribution in [0.2, 0.25) is 0 Å². The van der Waals surface area contributed by atoms with Crippen molar-refractivity contribution in [3.05, 3.63) is 18.2 Å². The summed E-state index contributed by atoms with van der Waals surface area (Å²) < 4.78 is 10.4. The molecule has 1 fully saturated rings. The zero-order valence-corrected chi connectivity index (χ0v) is 11.4. The molecular formula is C12H14BrNO3. The second-order valence-electron chi connectivity index (χ2n) is 3.79. The van der Waals surface area contributed by atoms with Crippen LogP contribution in [0, 0.1) is 0 Å². The summed E-state index contributed by atoms with van der Waals surface area (Å²) in [4.78, 5) is 13.5. The van der Waals surface area contributed by atoms with Gasteiger partial charge in [-0.15, -0.1) is 0 Å². The minimum atomic E-state index is -0.0735. The lowest BCUT2D eigenvalue weighted by atomic mass is 10.2. The van der Waals surface area contributed by atoms with Crippen molar-refractivity contribution in [2.24, 2.45) is 0 Å². The SMILES string of the molecule is COc1ccc(N2CCC(Br)C2=O)cc1OC. The van der Waals surface area contributed by atoms with Gasteiger partial charge in [-0.05, 0) is 18.6 Å². The third kappa shape index (κ3) is 2.24. The van der Waals surface area contributed by atoms with Crippen molar-refractivity contribution >= 4 is 27.5 Å². The number of methoxy groups -OCH3 is 2.